The second-order valence-corrected chi connectivity index (χ2v) is 4.50. The molecule has 5 N–H and O–H groups in total. The molecule has 1 aromatic carbocycles. The molecule has 0 bridgehead atoms. The summed E-state index contributed by atoms with van der Waals surface area (Å²) in [5, 5.41) is 6.18. The number of thioether (sulfide) groups is 1. The summed E-state index contributed by atoms with van der Waals surface area (Å²) in [5.74, 6) is 5.52. The summed E-state index contributed by atoms with van der Waals surface area (Å²) in [6.45, 7) is 1.93. The first-order valence-electron chi connectivity index (χ1n) is 5.17. The highest BCUT2D eigenvalue weighted by Gasteiger charge is 2.08. The zero-order chi connectivity index (χ0) is 13.5. The number of nitrogens with zero attached hydrogens (tertiary/aromatic N) is 1. The molecule has 6 nitrogen and oxygen atoms in total. The van der Waals surface area contributed by atoms with Crippen LogP contribution in [-0.4, -0.2) is 23.9 Å². The van der Waals surface area contributed by atoms with Gasteiger partial charge in [-0.15, -0.1) is 0 Å². The second-order valence-electron chi connectivity index (χ2n) is 3.51. The van der Waals surface area contributed by atoms with Crippen LogP contribution in [0.4, 0.5) is 5.69 Å². The van der Waals surface area contributed by atoms with Crippen molar-refractivity contribution in [2.45, 2.75) is 6.92 Å². The molecule has 18 heavy (non-hydrogen) atoms. The molecule has 1 aromatic rings. The molecule has 0 spiro atoms. The van der Waals surface area contributed by atoms with Crippen LogP contribution in [0.1, 0.15) is 5.56 Å². The Labute approximate surface area is 110 Å². The average Bonchev–Trinajstić information content (AvgIpc) is 2.36. The van der Waals surface area contributed by atoms with E-state index < -0.39 is 0 Å². The molecule has 0 heterocycles. The normalized spacial score (nSPS) is 11.1. The lowest BCUT2D eigenvalue weighted by Crippen LogP contribution is -2.18. The van der Waals surface area contributed by atoms with Gasteiger partial charge in [0.1, 0.15) is 5.75 Å². The Hall–Kier alpha value is -1.89. The predicted octanol–water partition coefficient (Wildman–Crippen LogP) is 0.864. The zero-order valence-electron chi connectivity index (χ0n) is 10.3. The monoisotopic (exact) mass is 268 g/mol. The van der Waals surface area contributed by atoms with Crippen molar-refractivity contribution in [1.82, 2.24) is 0 Å². The predicted molar refractivity (Wildman–Crippen MR) is 74.6 cm³/mol. The Kier molecular flexibility index (Phi) is 5.31. The van der Waals surface area contributed by atoms with Crippen molar-refractivity contribution in [3.63, 3.8) is 0 Å². The number of amides is 1. The molecule has 1 amide bonds. The van der Waals surface area contributed by atoms with Crippen LogP contribution >= 0.6 is 11.8 Å². The van der Waals surface area contributed by atoms with Gasteiger partial charge in [-0.2, -0.15) is 5.10 Å². The SMILES string of the molecule is COc1ccc(C)cc1NC(=O)CSC(N)=NN. The number of benzene rings is 1. The highest BCUT2D eigenvalue weighted by Crippen LogP contribution is 2.25. The molecule has 0 aliphatic carbocycles. The summed E-state index contributed by atoms with van der Waals surface area (Å²) in [7, 11) is 1.55. The maximum Gasteiger partial charge on any atom is 0.234 e. The van der Waals surface area contributed by atoms with Crippen molar-refractivity contribution >= 4 is 28.5 Å². The fraction of sp³-hybridized carbons (Fsp3) is 0.273. The first kappa shape index (κ1) is 14.2. The fourth-order valence-corrected chi connectivity index (χ4v) is 1.71. The van der Waals surface area contributed by atoms with Crippen LogP contribution in [0.3, 0.4) is 0 Å². The highest BCUT2D eigenvalue weighted by molar-refractivity contribution is 8.14. The summed E-state index contributed by atoms with van der Waals surface area (Å²) in [5.41, 5.74) is 7.04. The number of methoxy groups -OCH3 is 1. The molecule has 0 atom stereocenters. The minimum absolute atomic E-state index is 0.142. The molecule has 0 aliphatic heterocycles. The van der Waals surface area contributed by atoms with Gasteiger partial charge in [0.05, 0.1) is 18.6 Å². The number of ether oxygens (including phenoxy) is 1. The van der Waals surface area contributed by atoms with Gasteiger partial charge in [-0.05, 0) is 24.6 Å². The van der Waals surface area contributed by atoms with Gasteiger partial charge in [-0.25, -0.2) is 0 Å². The Morgan fingerprint density at radius 2 is 2.28 bits per heavy atom. The number of nitrogens with two attached hydrogens (primary N) is 2. The first-order valence-corrected chi connectivity index (χ1v) is 6.16. The van der Waals surface area contributed by atoms with Crippen LogP contribution in [0, 0.1) is 6.92 Å². The summed E-state index contributed by atoms with van der Waals surface area (Å²) >= 11 is 1.07. The lowest BCUT2D eigenvalue weighted by atomic mass is 10.2. The number of nitrogens with one attached hydrogen (secondary N) is 1. The van der Waals surface area contributed by atoms with Gasteiger partial charge in [0.2, 0.25) is 5.91 Å². The number of carbonyl (C=O) groups excluding carboxylic acids is 1. The lowest BCUT2D eigenvalue weighted by molar-refractivity contribution is -0.113. The van der Waals surface area contributed by atoms with Crippen molar-refractivity contribution < 1.29 is 9.53 Å². The summed E-state index contributed by atoms with van der Waals surface area (Å²) in [4.78, 5) is 11.7. The number of hydrazone groups is 1. The van der Waals surface area contributed by atoms with Crippen LogP contribution in [0.15, 0.2) is 23.3 Å². The third kappa shape index (κ3) is 4.17. The number of carbonyl (C=O) groups is 1. The molecule has 0 unspecified atom stereocenters. The van der Waals surface area contributed by atoms with Crippen molar-refractivity contribution in [2.75, 3.05) is 18.2 Å². The van der Waals surface area contributed by atoms with Crippen LogP contribution in [0.25, 0.3) is 0 Å². The number of hydrogen-bond acceptors (Lipinski definition) is 5. The van der Waals surface area contributed by atoms with Crippen LogP contribution in [0.5, 0.6) is 5.75 Å². The largest absolute Gasteiger partial charge is 0.495 e. The second kappa shape index (κ2) is 6.75. The molecule has 0 radical (unpaired) electrons. The smallest absolute Gasteiger partial charge is 0.234 e. The first-order chi connectivity index (χ1) is 8.56. The van der Waals surface area contributed by atoms with E-state index >= 15 is 0 Å². The summed E-state index contributed by atoms with van der Waals surface area (Å²) in [6, 6.07) is 5.54. The van der Waals surface area contributed by atoms with E-state index in [2.05, 4.69) is 10.4 Å². The molecule has 0 aliphatic rings. The van der Waals surface area contributed by atoms with E-state index in [4.69, 9.17) is 16.3 Å². The number of amidine groups is 1. The van der Waals surface area contributed by atoms with Crippen LogP contribution < -0.4 is 21.6 Å². The maximum atomic E-state index is 11.7. The highest BCUT2D eigenvalue weighted by atomic mass is 32.2. The standard InChI is InChI=1S/C11H16N4O2S/c1-7-3-4-9(17-2)8(5-7)14-10(16)6-18-11(12)15-13/h3-5H,6,13H2,1-2H3,(H2,12,15)(H,14,16). The van der Waals surface area contributed by atoms with E-state index in [1.54, 1.807) is 13.2 Å². The maximum absolute atomic E-state index is 11.7. The van der Waals surface area contributed by atoms with Crippen molar-refractivity contribution in [2.24, 2.45) is 16.7 Å². The number of rotatable bonds is 4. The van der Waals surface area contributed by atoms with Gasteiger partial charge in [-0.3, -0.25) is 4.79 Å². The van der Waals surface area contributed by atoms with Crippen molar-refractivity contribution in [1.29, 1.82) is 0 Å². The Morgan fingerprint density at radius 3 is 2.89 bits per heavy atom. The van der Waals surface area contributed by atoms with E-state index in [0.717, 1.165) is 17.3 Å². The Bertz CT molecular complexity index is 462. The number of anilines is 1. The molecule has 0 fully saturated rings. The van der Waals surface area contributed by atoms with Crippen molar-refractivity contribution in [3.05, 3.63) is 23.8 Å². The molecule has 0 saturated carbocycles. The average molecular weight is 268 g/mol. The molecular formula is C11H16N4O2S. The minimum atomic E-state index is -0.199. The van der Waals surface area contributed by atoms with E-state index in [0.29, 0.717) is 11.4 Å². The fourth-order valence-electron chi connectivity index (χ4n) is 1.28. The van der Waals surface area contributed by atoms with Gasteiger partial charge in [0.15, 0.2) is 5.17 Å². The third-order valence-corrected chi connectivity index (χ3v) is 2.92. The summed E-state index contributed by atoms with van der Waals surface area (Å²) in [6.07, 6.45) is 0. The molecule has 0 saturated heterocycles. The summed E-state index contributed by atoms with van der Waals surface area (Å²) < 4.78 is 5.16. The van der Waals surface area contributed by atoms with Gasteiger partial charge >= 0.3 is 0 Å². The van der Waals surface area contributed by atoms with Gasteiger partial charge < -0.3 is 21.6 Å². The third-order valence-electron chi connectivity index (χ3n) is 2.11. The minimum Gasteiger partial charge on any atom is -0.495 e. The molecule has 0 aromatic heterocycles. The lowest BCUT2D eigenvalue weighted by Gasteiger charge is -2.10. The van der Waals surface area contributed by atoms with Gasteiger partial charge in [0.25, 0.3) is 0 Å². The number of hydrogen-bond donors (Lipinski definition) is 3. The van der Waals surface area contributed by atoms with Crippen molar-refractivity contribution in [3.8, 4) is 5.75 Å². The van der Waals surface area contributed by atoms with Gasteiger partial charge in [-0.1, -0.05) is 17.8 Å². The van der Waals surface area contributed by atoms with Crippen LogP contribution in [-0.2, 0) is 4.79 Å². The Morgan fingerprint density at radius 1 is 1.56 bits per heavy atom. The zero-order valence-corrected chi connectivity index (χ0v) is 11.1. The molecule has 98 valence electrons. The molecule has 1 rings (SSSR count). The quantitative estimate of drug-likeness (QED) is 0.325. The van der Waals surface area contributed by atoms with E-state index in [1.165, 1.54) is 0 Å². The van der Waals surface area contributed by atoms with E-state index in [9.17, 15) is 4.79 Å². The molecular weight excluding hydrogens is 252 g/mol. The van der Waals surface area contributed by atoms with Gasteiger partial charge in [0, 0.05) is 0 Å². The number of aryl methyl sites for hydroxylation is 1. The topological polar surface area (TPSA) is 103 Å². The van der Waals surface area contributed by atoms with E-state index in [1.807, 2.05) is 19.1 Å². The molecule has 7 heteroatoms. The van der Waals surface area contributed by atoms with E-state index in [-0.39, 0.29) is 16.8 Å². The Balaban J connectivity index is 2.66. The van der Waals surface area contributed by atoms with Crippen LogP contribution in [0.2, 0.25) is 0 Å².